The van der Waals surface area contributed by atoms with E-state index in [1.807, 2.05) is 6.07 Å². The maximum atomic E-state index is 14.6. The van der Waals surface area contributed by atoms with Gasteiger partial charge in [-0.25, -0.2) is 17.8 Å². The van der Waals surface area contributed by atoms with Crippen molar-refractivity contribution in [2.24, 2.45) is 7.05 Å². The molecule has 1 aromatic heterocycles. The van der Waals surface area contributed by atoms with Gasteiger partial charge in [0, 0.05) is 54.9 Å². The summed E-state index contributed by atoms with van der Waals surface area (Å²) in [5.74, 6) is -0.730. The lowest BCUT2D eigenvalue weighted by Crippen LogP contribution is -2.36. The van der Waals surface area contributed by atoms with E-state index in [0.717, 1.165) is 5.56 Å². The molecule has 3 aromatic rings. The lowest BCUT2D eigenvalue weighted by Gasteiger charge is -2.21. The first-order valence-corrected chi connectivity index (χ1v) is 11.8. The number of aromatic nitrogens is 2. The second-order valence-electron chi connectivity index (χ2n) is 7.55. The molecule has 0 bridgehead atoms. The number of benzene rings is 2. The Morgan fingerprint density at radius 2 is 1.97 bits per heavy atom. The highest BCUT2D eigenvalue weighted by molar-refractivity contribution is 7.89. The molecule has 2 heterocycles. The summed E-state index contributed by atoms with van der Waals surface area (Å²) in [6.07, 6.45) is 2.90. The highest BCUT2D eigenvalue weighted by atomic mass is 35.5. The van der Waals surface area contributed by atoms with Gasteiger partial charge in [0.15, 0.2) is 5.03 Å². The van der Waals surface area contributed by atoms with Gasteiger partial charge in [-0.15, -0.1) is 0 Å². The Morgan fingerprint density at radius 3 is 2.65 bits per heavy atom. The van der Waals surface area contributed by atoms with Gasteiger partial charge in [0.25, 0.3) is 10.0 Å². The molecule has 0 aliphatic carbocycles. The van der Waals surface area contributed by atoms with Crippen molar-refractivity contribution in [2.75, 3.05) is 13.1 Å². The van der Waals surface area contributed by atoms with E-state index < -0.39 is 10.0 Å². The number of sulfonamides is 1. The molecule has 31 heavy (non-hydrogen) atoms. The average molecular weight is 483 g/mol. The van der Waals surface area contributed by atoms with Gasteiger partial charge in [-0.05, 0) is 29.3 Å². The minimum absolute atomic E-state index is 0.0244. The van der Waals surface area contributed by atoms with Gasteiger partial charge in [-0.2, -0.15) is 4.31 Å². The van der Waals surface area contributed by atoms with Crippen LogP contribution in [0.2, 0.25) is 10.0 Å². The molecule has 1 saturated heterocycles. The zero-order valence-electron chi connectivity index (χ0n) is 16.7. The number of nitrogens with one attached hydrogen (secondary N) is 1. The van der Waals surface area contributed by atoms with Crippen molar-refractivity contribution in [3.63, 3.8) is 0 Å². The number of hydrogen-bond acceptors (Lipinski definition) is 4. The molecule has 1 aliphatic heterocycles. The Hall–Kier alpha value is -1.97. The molecule has 1 aliphatic rings. The van der Waals surface area contributed by atoms with Crippen LogP contribution in [0.3, 0.4) is 0 Å². The van der Waals surface area contributed by atoms with E-state index in [2.05, 4.69) is 10.3 Å². The molecule has 164 valence electrons. The normalized spacial score (nSPS) is 19.7. The van der Waals surface area contributed by atoms with Crippen molar-refractivity contribution in [1.29, 1.82) is 0 Å². The number of hydrogen-bond donors (Lipinski definition) is 1. The van der Waals surface area contributed by atoms with Crippen molar-refractivity contribution < 1.29 is 12.8 Å². The Morgan fingerprint density at radius 1 is 1.19 bits per heavy atom. The molecule has 4 rings (SSSR count). The van der Waals surface area contributed by atoms with Crippen LogP contribution in [-0.4, -0.2) is 41.4 Å². The molecule has 0 radical (unpaired) electrons. The smallest absolute Gasteiger partial charge is 0.262 e. The third kappa shape index (κ3) is 4.63. The molecule has 0 unspecified atom stereocenters. The number of aryl methyl sites for hydroxylation is 1. The van der Waals surface area contributed by atoms with E-state index in [9.17, 15) is 12.8 Å². The van der Waals surface area contributed by atoms with Gasteiger partial charge >= 0.3 is 0 Å². The van der Waals surface area contributed by atoms with Crippen LogP contribution in [0.15, 0.2) is 60.0 Å². The zero-order valence-corrected chi connectivity index (χ0v) is 19.0. The van der Waals surface area contributed by atoms with Gasteiger partial charge in [0.1, 0.15) is 5.82 Å². The zero-order chi connectivity index (χ0) is 22.2. The van der Waals surface area contributed by atoms with Crippen molar-refractivity contribution in [2.45, 2.75) is 23.5 Å². The lowest BCUT2D eigenvalue weighted by atomic mass is 9.93. The maximum Gasteiger partial charge on any atom is 0.262 e. The summed E-state index contributed by atoms with van der Waals surface area (Å²) in [5, 5.41) is 4.39. The molecule has 1 N–H and O–H groups in total. The van der Waals surface area contributed by atoms with Crippen LogP contribution in [0.25, 0.3) is 0 Å². The summed E-state index contributed by atoms with van der Waals surface area (Å²) < 4.78 is 43.8. The van der Waals surface area contributed by atoms with Crippen LogP contribution >= 0.6 is 23.2 Å². The third-order valence-electron chi connectivity index (χ3n) is 5.45. The van der Waals surface area contributed by atoms with E-state index in [4.69, 9.17) is 23.2 Å². The third-order valence-corrected chi connectivity index (χ3v) is 7.75. The van der Waals surface area contributed by atoms with Crippen LogP contribution in [0, 0.1) is 5.82 Å². The lowest BCUT2D eigenvalue weighted by molar-refractivity contribution is 0.453. The van der Waals surface area contributed by atoms with Crippen molar-refractivity contribution in [1.82, 2.24) is 19.2 Å². The van der Waals surface area contributed by atoms with Gasteiger partial charge in [-0.3, -0.25) is 0 Å². The molecule has 10 heteroatoms. The van der Waals surface area contributed by atoms with Gasteiger partial charge in [0.2, 0.25) is 0 Å². The largest absolute Gasteiger partial charge is 0.339 e. The van der Waals surface area contributed by atoms with Crippen LogP contribution in [0.4, 0.5) is 4.39 Å². The monoisotopic (exact) mass is 482 g/mol. The fourth-order valence-corrected chi connectivity index (χ4v) is 5.76. The summed E-state index contributed by atoms with van der Waals surface area (Å²) in [6, 6.07) is 11.3. The molecule has 0 amide bonds. The molecule has 0 saturated carbocycles. The fourth-order valence-electron chi connectivity index (χ4n) is 3.82. The Bertz CT molecular complexity index is 1200. The molecular weight excluding hydrogens is 462 g/mol. The summed E-state index contributed by atoms with van der Waals surface area (Å²) in [7, 11) is -2.10. The summed E-state index contributed by atoms with van der Waals surface area (Å²) in [5.41, 5.74) is 1.30. The van der Waals surface area contributed by atoms with Crippen LogP contribution < -0.4 is 5.32 Å². The molecule has 2 atom stereocenters. The molecular formula is C21H21Cl2FN4O2S. The van der Waals surface area contributed by atoms with E-state index >= 15 is 0 Å². The predicted molar refractivity (Wildman–Crippen MR) is 118 cm³/mol. The van der Waals surface area contributed by atoms with Crippen LogP contribution in [-0.2, 0) is 23.6 Å². The van der Waals surface area contributed by atoms with Crippen molar-refractivity contribution in [3.8, 4) is 0 Å². The molecule has 2 aromatic carbocycles. The van der Waals surface area contributed by atoms with Crippen molar-refractivity contribution in [3.05, 3.63) is 82.0 Å². The van der Waals surface area contributed by atoms with Gasteiger partial charge in [0.05, 0.1) is 6.33 Å². The van der Waals surface area contributed by atoms with Crippen LogP contribution in [0.1, 0.15) is 17.0 Å². The topological polar surface area (TPSA) is 67.2 Å². The first-order chi connectivity index (χ1) is 14.8. The highest BCUT2D eigenvalue weighted by Gasteiger charge is 2.41. The van der Waals surface area contributed by atoms with Gasteiger partial charge < -0.3 is 9.88 Å². The van der Waals surface area contributed by atoms with E-state index in [1.165, 1.54) is 22.9 Å². The van der Waals surface area contributed by atoms with Crippen molar-refractivity contribution >= 4 is 33.2 Å². The Balaban J connectivity index is 1.61. The molecule has 6 nitrogen and oxygen atoms in total. The summed E-state index contributed by atoms with van der Waals surface area (Å²) in [4.78, 5) is 3.99. The van der Waals surface area contributed by atoms with E-state index in [-0.39, 0.29) is 35.9 Å². The fraction of sp³-hybridized carbons (Fsp3) is 0.286. The molecule has 0 spiro atoms. The highest BCUT2D eigenvalue weighted by Crippen LogP contribution is 2.33. The van der Waals surface area contributed by atoms with E-state index in [0.29, 0.717) is 22.2 Å². The average Bonchev–Trinajstić information content (AvgIpc) is 3.35. The SMILES string of the molecule is Cn1cnc(S(=O)(=O)N2C[C@@H](NCc3ccc(Cl)cc3Cl)[C@H](c3ccccc3F)C2)c1. The number of nitrogens with zero attached hydrogens (tertiary/aromatic N) is 3. The Labute approximate surface area is 190 Å². The van der Waals surface area contributed by atoms with Crippen LogP contribution in [0.5, 0.6) is 0 Å². The number of imidazole rings is 1. The quantitative estimate of drug-likeness (QED) is 0.579. The number of halogens is 3. The summed E-state index contributed by atoms with van der Waals surface area (Å²) >= 11 is 12.2. The predicted octanol–water partition coefficient (Wildman–Crippen LogP) is 3.81. The second kappa shape index (κ2) is 8.88. The first-order valence-electron chi connectivity index (χ1n) is 9.65. The number of rotatable bonds is 6. The second-order valence-corrected chi connectivity index (χ2v) is 10.3. The first kappa shape index (κ1) is 22.2. The Kier molecular flexibility index (Phi) is 6.37. The minimum Gasteiger partial charge on any atom is -0.339 e. The maximum absolute atomic E-state index is 14.6. The van der Waals surface area contributed by atoms with E-state index in [1.54, 1.807) is 41.9 Å². The molecule has 1 fully saturated rings. The minimum atomic E-state index is -3.81. The van der Waals surface area contributed by atoms with Gasteiger partial charge in [-0.1, -0.05) is 47.5 Å². The summed E-state index contributed by atoms with van der Waals surface area (Å²) in [6.45, 7) is 0.720. The standard InChI is InChI=1S/C21H21Cl2FN4O2S/c1-27-12-21(26-13-27)31(29,30)28-10-17(16-4-2-3-5-19(16)24)20(11-28)25-9-14-6-7-15(22)8-18(14)23/h2-8,12-13,17,20,25H,9-11H2,1H3/t17-,20+/m0/s1.